The molecule has 0 fully saturated rings. The number of amides is 1. The molecule has 0 saturated heterocycles. The second-order valence-electron chi connectivity index (χ2n) is 5.72. The highest BCUT2D eigenvalue weighted by molar-refractivity contribution is 5.93. The van der Waals surface area contributed by atoms with Crippen molar-refractivity contribution < 1.29 is 23.1 Å². The van der Waals surface area contributed by atoms with E-state index >= 15 is 0 Å². The van der Waals surface area contributed by atoms with Gasteiger partial charge >= 0.3 is 6.18 Å². The Balaban J connectivity index is 1.66. The summed E-state index contributed by atoms with van der Waals surface area (Å²) in [5.74, 6) is -0.543. The van der Waals surface area contributed by atoms with Crippen molar-refractivity contribution in [1.29, 1.82) is 5.26 Å². The number of carbonyl (C=O) groups is 1. The molecular formula is C18H12F3N5O2. The lowest BCUT2D eigenvalue weighted by molar-refractivity contribution is -0.137. The molecule has 0 spiro atoms. The molecule has 28 heavy (non-hydrogen) atoms. The molecule has 0 atom stereocenters. The topological polar surface area (TPSA) is 104 Å². The number of carbonyl (C=O) groups excluding carboxylic acids is 1. The van der Waals surface area contributed by atoms with E-state index in [4.69, 9.17) is 5.26 Å². The fraction of sp³-hybridized carbons (Fsp3) is 0.111. The minimum Gasteiger partial charge on any atom is -0.506 e. The maximum atomic E-state index is 12.5. The van der Waals surface area contributed by atoms with Crippen LogP contribution in [-0.4, -0.2) is 25.8 Å². The van der Waals surface area contributed by atoms with E-state index < -0.39 is 17.6 Å². The van der Waals surface area contributed by atoms with Crippen LogP contribution < -0.4 is 5.32 Å². The summed E-state index contributed by atoms with van der Waals surface area (Å²) in [5, 5.41) is 25.0. The zero-order valence-corrected chi connectivity index (χ0v) is 14.1. The number of benzene rings is 1. The smallest absolute Gasteiger partial charge is 0.416 e. The molecule has 7 nitrogen and oxygen atoms in total. The van der Waals surface area contributed by atoms with Crippen LogP contribution in [0.5, 0.6) is 5.75 Å². The number of aromatic hydroxyl groups is 1. The Labute approximate surface area is 156 Å². The molecule has 142 valence electrons. The molecule has 0 saturated carbocycles. The summed E-state index contributed by atoms with van der Waals surface area (Å²) in [6.45, 7) is 0.0397. The quantitative estimate of drug-likeness (QED) is 0.716. The lowest BCUT2D eigenvalue weighted by Gasteiger charge is -2.08. The van der Waals surface area contributed by atoms with Gasteiger partial charge in [0.2, 0.25) is 0 Å². The summed E-state index contributed by atoms with van der Waals surface area (Å²) in [5.41, 5.74) is -0.0579. The normalized spacial score (nSPS) is 11.1. The summed E-state index contributed by atoms with van der Waals surface area (Å²) >= 11 is 0. The lowest BCUT2D eigenvalue weighted by atomic mass is 10.1. The number of halogens is 3. The van der Waals surface area contributed by atoms with Crippen LogP contribution in [0.1, 0.15) is 27.0 Å². The molecule has 3 rings (SSSR count). The number of aromatic nitrogens is 3. The van der Waals surface area contributed by atoms with Gasteiger partial charge in [0.1, 0.15) is 17.4 Å². The standard InChI is InChI=1S/C18H12F3N5O2/c19-18(20,21)14-3-1-11(2-4-14)7-24-17(28)13-9-25-26(10-13)16-5-15(27)12(6-22)8-23-16/h1-5,8-10H,7H2,(H,23,27)(H,24,28). The monoisotopic (exact) mass is 387 g/mol. The summed E-state index contributed by atoms with van der Waals surface area (Å²) in [6.07, 6.45) is -0.587. The fourth-order valence-corrected chi connectivity index (χ4v) is 2.31. The summed E-state index contributed by atoms with van der Waals surface area (Å²) < 4.78 is 38.9. The van der Waals surface area contributed by atoms with Crippen LogP contribution >= 0.6 is 0 Å². The van der Waals surface area contributed by atoms with Gasteiger partial charge in [-0.1, -0.05) is 12.1 Å². The van der Waals surface area contributed by atoms with Crippen molar-refractivity contribution in [3.63, 3.8) is 0 Å². The predicted octanol–water partition coefficient (Wildman–Crippen LogP) is 2.79. The van der Waals surface area contributed by atoms with Crippen LogP contribution in [0.4, 0.5) is 13.2 Å². The van der Waals surface area contributed by atoms with Crippen LogP contribution in [0.3, 0.4) is 0 Å². The average molecular weight is 387 g/mol. The average Bonchev–Trinajstić information content (AvgIpc) is 3.16. The van der Waals surface area contributed by atoms with Crippen molar-refractivity contribution in [1.82, 2.24) is 20.1 Å². The molecule has 0 unspecified atom stereocenters. The van der Waals surface area contributed by atoms with Crippen LogP contribution in [0.25, 0.3) is 5.82 Å². The van der Waals surface area contributed by atoms with Gasteiger partial charge in [-0.15, -0.1) is 0 Å². The molecule has 0 aliphatic rings. The first kappa shape index (κ1) is 18.9. The summed E-state index contributed by atoms with van der Waals surface area (Å²) in [7, 11) is 0. The van der Waals surface area contributed by atoms with Crippen LogP contribution in [0.15, 0.2) is 48.9 Å². The molecule has 0 radical (unpaired) electrons. The lowest BCUT2D eigenvalue weighted by Crippen LogP contribution is -2.22. The number of hydrogen-bond donors (Lipinski definition) is 2. The maximum Gasteiger partial charge on any atom is 0.416 e. The van der Waals surface area contributed by atoms with Gasteiger partial charge in [-0.05, 0) is 17.7 Å². The second kappa shape index (κ2) is 7.40. The van der Waals surface area contributed by atoms with E-state index in [2.05, 4.69) is 15.4 Å². The second-order valence-corrected chi connectivity index (χ2v) is 5.72. The van der Waals surface area contributed by atoms with Gasteiger partial charge in [0.25, 0.3) is 5.91 Å². The Hall–Kier alpha value is -3.87. The molecule has 3 aromatic rings. The Morgan fingerprint density at radius 1 is 1.25 bits per heavy atom. The number of pyridine rings is 1. The highest BCUT2D eigenvalue weighted by Crippen LogP contribution is 2.29. The van der Waals surface area contributed by atoms with E-state index in [1.165, 1.54) is 41.5 Å². The van der Waals surface area contributed by atoms with E-state index in [-0.39, 0.29) is 29.2 Å². The van der Waals surface area contributed by atoms with E-state index in [9.17, 15) is 23.1 Å². The van der Waals surface area contributed by atoms with Gasteiger partial charge in [-0.2, -0.15) is 23.5 Å². The van der Waals surface area contributed by atoms with Crippen molar-refractivity contribution in [3.8, 4) is 17.6 Å². The highest BCUT2D eigenvalue weighted by Gasteiger charge is 2.29. The van der Waals surface area contributed by atoms with E-state index in [1.54, 1.807) is 6.07 Å². The Bertz CT molecular complexity index is 1050. The van der Waals surface area contributed by atoms with Gasteiger partial charge in [-0.3, -0.25) is 4.79 Å². The molecule has 1 amide bonds. The summed E-state index contributed by atoms with van der Waals surface area (Å²) in [4.78, 5) is 16.2. The summed E-state index contributed by atoms with van der Waals surface area (Å²) in [6, 6.07) is 7.47. The number of nitriles is 1. The van der Waals surface area contributed by atoms with Gasteiger partial charge in [0, 0.05) is 18.8 Å². The zero-order valence-electron chi connectivity index (χ0n) is 14.1. The van der Waals surface area contributed by atoms with Crippen LogP contribution in [0, 0.1) is 11.3 Å². The number of nitrogens with one attached hydrogen (secondary N) is 1. The van der Waals surface area contributed by atoms with Crippen molar-refractivity contribution >= 4 is 5.91 Å². The number of nitrogens with zero attached hydrogens (tertiary/aromatic N) is 4. The molecule has 10 heteroatoms. The molecule has 0 aliphatic heterocycles. The van der Waals surface area contributed by atoms with Crippen molar-refractivity contribution in [2.24, 2.45) is 0 Å². The minimum atomic E-state index is -4.41. The maximum absolute atomic E-state index is 12.5. The number of rotatable bonds is 4. The third-order valence-electron chi connectivity index (χ3n) is 3.80. The molecule has 0 aliphatic carbocycles. The van der Waals surface area contributed by atoms with Crippen LogP contribution in [-0.2, 0) is 12.7 Å². The third kappa shape index (κ3) is 4.09. The van der Waals surface area contributed by atoms with Crippen molar-refractivity contribution in [3.05, 3.63) is 71.2 Å². The van der Waals surface area contributed by atoms with Gasteiger partial charge in [0.05, 0.1) is 23.5 Å². The third-order valence-corrected chi connectivity index (χ3v) is 3.80. The number of alkyl halides is 3. The van der Waals surface area contributed by atoms with Gasteiger partial charge in [0.15, 0.2) is 5.82 Å². The highest BCUT2D eigenvalue weighted by atomic mass is 19.4. The van der Waals surface area contributed by atoms with Crippen LogP contribution in [0.2, 0.25) is 0 Å². The SMILES string of the molecule is N#Cc1cnc(-n2cc(C(=O)NCc3ccc(C(F)(F)F)cc3)cn2)cc1O. The van der Waals surface area contributed by atoms with E-state index in [1.807, 2.05) is 0 Å². The zero-order chi connectivity index (χ0) is 20.3. The Morgan fingerprint density at radius 2 is 1.96 bits per heavy atom. The number of hydrogen-bond acceptors (Lipinski definition) is 5. The fourth-order valence-electron chi connectivity index (χ4n) is 2.31. The van der Waals surface area contributed by atoms with Gasteiger partial charge < -0.3 is 10.4 Å². The Morgan fingerprint density at radius 3 is 2.57 bits per heavy atom. The predicted molar refractivity (Wildman–Crippen MR) is 90.4 cm³/mol. The molecular weight excluding hydrogens is 375 g/mol. The molecule has 2 N–H and O–H groups in total. The first-order chi connectivity index (χ1) is 13.3. The molecule has 0 bridgehead atoms. The van der Waals surface area contributed by atoms with Gasteiger partial charge in [-0.25, -0.2) is 9.67 Å². The van der Waals surface area contributed by atoms with E-state index in [0.717, 1.165) is 12.1 Å². The van der Waals surface area contributed by atoms with E-state index in [0.29, 0.717) is 5.56 Å². The molecule has 1 aromatic carbocycles. The first-order valence-corrected chi connectivity index (χ1v) is 7.86. The molecule has 2 aromatic heterocycles. The minimum absolute atomic E-state index is 0.00501. The van der Waals surface area contributed by atoms with Crippen molar-refractivity contribution in [2.45, 2.75) is 12.7 Å². The largest absolute Gasteiger partial charge is 0.506 e. The Kier molecular flexibility index (Phi) is 5.00. The first-order valence-electron chi connectivity index (χ1n) is 7.86. The molecule has 2 heterocycles. The van der Waals surface area contributed by atoms with Crippen molar-refractivity contribution in [2.75, 3.05) is 0 Å².